The number of aromatic nitrogens is 3. The lowest BCUT2D eigenvalue weighted by atomic mass is 10.3. The second-order valence-electron chi connectivity index (χ2n) is 4.10. The van der Waals surface area contributed by atoms with Gasteiger partial charge in [-0.15, -0.1) is 0 Å². The quantitative estimate of drug-likeness (QED) is 0.740. The van der Waals surface area contributed by atoms with Crippen molar-refractivity contribution >= 4 is 22.9 Å². The molecule has 0 aliphatic rings. The van der Waals surface area contributed by atoms with Gasteiger partial charge in [0.2, 0.25) is 5.76 Å². The normalized spacial score (nSPS) is 10.8. The molecule has 0 saturated carbocycles. The van der Waals surface area contributed by atoms with Gasteiger partial charge in [0.25, 0.3) is 5.71 Å². The minimum absolute atomic E-state index is 0.101. The maximum atomic E-state index is 10.7. The van der Waals surface area contributed by atoms with Gasteiger partial charge in [-0.05, 0) is 19.1 Å². The highest BCUT2D eigenvalue weighted by Gasteiger charge is 2.13. The molecule has 0 radical (unpaired) electrons. The fourth-order valence-corrected chi connectivity index (χ4v) is 1.81. The van der Waals surface area contributed by atoms with Crippen LogP contribution in [0.4, 0.5) is 5.82 Å². The van der Waals surface area contributed by atoms with E-state index < -0.39 is 5.97 Å². The Morgan fingerprint density at radius 2 is 2.25 bits per heavy atom. The Labute approximate surface area is 112 Å². The Morgan fingerprint density at radius 3 is 3.00 bits per heavy atom. The molecule has 20 heavy (non-hydrogen) atoms. The molecule has 0 fully saturated rings. The molecule has 0 atom stereocenters. The van der Waals surface area contributed by atoms with Crippen molar-refractivity contribution in [2.75, 3.05) is 5.32 Å². The first-order valence-electron chi connectivity index (χ1n) is 5.78. The van der Waals surface area contributed by atoms with Crippen LogP contribution in [-0.2, 0) is 6.54 Å². The minimum Gasteiger partial charge on any atom is -0.475 e. The third-order valence-corrected chi connectivity index (χ3v) is 2.75. The van der Waals surface area contributed by atoms with E-state index in [1.165, 1.54) is 12.4 Å². The van der Waals surface area contributed by atoms with Crippen molar-refractivity contribution < 1.29 is 18.8 Å². The highest BCUT2D eigenvalue weighted by atomic mass is 16.5. The van der Waals surface area contributed by atoms with Gasteiger partial charge < -0.3 is 19.4 Å². The van der Waals surface area contributed by atoms with Crippen LogP contribution < -0.4 is 5.32 Å². The lowest BCUT2D eigenvalue weighted by Crippen LogP contribution is -2.01. The summed E-state index contributed by atoms with van der Waals surface area (Å²) in [7, 11) is 0. The number of hydrogen-bond donors (Lipinski definition) is 2. The van der Waals surface area contributed by atoms with Gasteiger partial charge in [0.05, 0.1) is 12.2 Å². The molecule has 0 aromatic carbocycles. The number of nitrogens with zero attached hydrogens (tertiary/aromatic N) is 3. The largest absolute Gasteiger partial charge is 0.475 e. The van der Waals surface area contributed by atoms with Crippen molar-refractivity contribution in [1.82, 2.24) is 15.1 Å². The molecule has 0 bridgehead atoms. The van der Waals surface area contributed by atoms with Crippen LogP contribution in [0.2, 0.25) is 0 Å². The van der Waals surface area contributed by atoms with Crippen LogP contribution in [-0.4, -0.2) is 26.2 Å². The van der Waals surface area contributed by atoms with E-state index in [0.29, 0.717) is 34.9 Å². The zero-order chi connectivity index (χ0) is 14.1. The van der Waals surface area contributed by atoms with Gasteiger partial charge in [-0.2, -0.15) is 4.98 Å². The molecule has 0 saturated heterocycles. The third-order valence-electron chi connectivity index (χ3n) is 2.75. The second kappa shape index (κ2) is 4.65. The van der Waals surface area contributed by atoms with Crippen LogP contribution in [0.15, 0.2) is 27.4 Å². The molecule has 3 heterocycles. The van der Waals surface area contributed by atoms with Gasteiger partial charge in [0, 0.05) is 0 Å². The summed E-state index contributed by atoms with van der Waals surface area (Å²) < 4.78 is 10.2. The Morgan fingerprint density at radius 1 is 1.40 bits per heavy atom. The predicted octanol–water partition coefficient (Wildman–Crippen LogP) is 1.83. The van der Waals surface area contributed by atoms with Gasteiger partial charge >= 0.3 is 5.97 Å². The number of carboxylic acids is 1. The molecule has 2 N–H and O–H groups in total. The molecule has 8 nitrogen and oxygen atoms in total. The number of nitrogens with one attached hydrogen (secondary N) is 1. The van der Waals surface area contributed by atoms with Crippen LogP contribution in [0.25, 0.3) is 11.1 Å². The van der Waals surface area contributed by atoms with Gasteiger partial charge in [0.1, 0.15) is 23.3 Å². The fraction of sp³-hybridized carbons (Fsp3) is 0.167. The number of carboxylic acid groups (broad SMARTS) is 1. The summed E-state index contributed by atoms with van der Waals surface area (Å²) in [5.74, 6) is -0.156. The van der Waals surface area contributed by atoms with Crippen LogP contribution in [0.5, 0.6) is 0 Å². The molecule has 102 valence electrons. The topological polar surface area (TPSA) is 114 Å². The smallest absolute Gasteiger partial charge is 0.371 e. The monoisotopic (exact) mass is 274 g/mol. The molecule has 8 heteroatoms. The highest BCUT2D eigenvalue weighted by molar-refractivity contribution is 5.87. The van der Waals surface area contributed by atoms with Crippen molar-refractivity contribution in [3.63, 3.8) is 0 Å². The Kier molecular flexibility index (Phi) is 2.82. The van der Waals surface area contributed by atoms with E-state index in [2.05, 4.69) is 20.4 Å². The van der Waals surface area contributed by atoms with E-state index in [-0.39, 0.29) is 5.76 Å². The number of aryl methyl sites for hydroxylation is 1. The van der Waals surface area contributed by atoms with Crippen molar-refractivity contribution in [3.05, 3.63) is 35.7 Å². The first-order valence-corrected chi connectivity index (χ1v) is 5.78. The lowest BCUT2D eigenvalue weighted by molar-refractivity contribution is 0.0660. The predicted molar refractivity (Wildman–Crippen MR) is 67.3 cm³/mol. The van der Waals surface area contributed by atoms with Gasteiger partial charge in [-0.3, -0.25) is 0 Å². The number of hydrogen-bond acceptors (Lipinski definition) is 7. The van der Waals surface area contributed by atoms with E-state index in [1.807, 2.05) is 0 Å². The van der Waals surface area contributed by atoms with Gasteiger partial charge in [-0.1, -0.05) is 5.16 Å². The number of aromatic carboxylic acids is 1. The zero-order valence-electron chi connectivity index (χ0n) is 10.5. The van der Waals surface area contributed by atoms with Crippen LogP contribution in [0.3, 0.4) is 0 Å². The summed E-state index contributed by atoms with van der Waals surface area (Å²) in [6, 6.07) is 2.99. The average molecular weight is 274 g/mol. The fourth-order valence-electron chi connectivity index (χ4n) is 1.81. The summed E-state index contributed by atoms with van der Waals surface area (Å²) in [5, 5.41) is 16.3. The Balaban J connectivity index is 1.82. The molecule has 0 spiro atoms. The molecule has 0 unspecified atom stereocenters. The second-order valence-corrected chi connectivity index (χ2v) is 4.10. The summed E-state index contributed by atoms with van der Waals surface area (Å²) in [4.78, 5) is 18.8. The molecule has 0 aliphatic carbocycles. The maximum Gasteiger partial charge on any atom is 0.371 e. The molecule has 0 amide bonds. The number of fused-ring (bicyclic) bond motifs is 1. The first-order chi connectivity index (χ1) is 9.65. The summed E-state index contributed by atoms with van der Waals surface area (Å²) in [6.07, 6.45) is 1.36. The van der Waals surface area contributed by atoms with Gasteiger partial charge in [-0.25, -0.2) is 9.78 Å². The highest BCUT2D eigenvalue weighted by Crippen LogP contribution is 2.23. The first kappa shape index (κ1) is 12.2. The summed E-state index contributed by atoms with van der Waals surface area (Å²) in [6.45, 7) is 2.08. The summed E-state index contributed by atoms with van der Waals surface area (Å²) in [5.41, 5.74) is 1.07. The Bertz CT molecular complexity index is 777. The van der Waals surface area contributed by atoms with E-state index in [9.17, 15) is 4.79 Å². The molecular weight excluding hydrogens is 264 g/mol. The minimum atomic E-state index is -1.10. The number of furan rings is 1. The Hall–Kier alpha value is -2.90. The van der Waals surface area contributed by atoms with Crippen molar-refractivity contribution in [2.45, 2.75) is 13.5 Å². The average Bonchev–Trinajstić information content (AvgIpc) is 3.04. The number of carbonyl (C=O) groups is 1. The zero-order valence-corrected chi connectivity index (χ0v) is 10.5. The standard InChI is InChI=1S/C12H10N4O4/c1-6-9-10(14-5-15-11(9)20-16-6)13-4-7-2-3-8(19-7)12(17)18/h2-3,5H,4H2,1H3,(H,17,18)(H,13,14,15). The van der Waals surface area contributed by atoms with Crippen LogP contribution >= 0.6 is 0 Å². The van der Waals surface area contributed by atoms with E-state index in [0.717, 1.165) is 0 Å². The molecule has 3 aromatic heterocycles. The van der Waals surface area contributed by atoms with Gasteiger partial charge in [0.15, 0.2) is 0 Å². The van der Waals surface area contributed by atoms with Crippen molar-refractivity contribution in [2.24, 2.45) is 0 Å². The van der Waals surface area contributed by atoms with Crippen molar-refractivity contribution in [3.8, 4) is 0 Å². The third kappa shape index (κ3) is 2.07. The maximum absolute atomic E-state index is 10.7. The van der Waals surface area contributed by atoms with Crippen LogP contribution in [0, 0.1) is 6.92 Å². The molecular formula is C12H10N4O4. The van der Waals surface area contributed by atoms with Crippen molar-refractivity contribution in [1.29, 1.82) is 0 Å². The number of anilines is 1. The molecule has 3 rings (SSSR count). The van der Waals surface area contributed by atoms with E-state index >= 15 is 0 Å². The summed E-state index contributed by atoms with van der Waals surface area (Å²) >= 11 is 0. The van der Waals surface area contributed by atoms with E-state index in [1.54, 1.807) is 13.0 Å². The lowest BCUT2D eigenvalue weighted by Gasteiger charge is -2.03. The SMILES string of the molecule is Cc1noc2ncnc(NCc3ccc(C(=O)O)o3)c12. The molecule has 3 aromatic rings. The van der Waals surface area contributed by atoms with Crippen LogP contribution in [0.1, 0.15) is 22.0 Å². The molecule has 0 aliphatic heterocycles. The number of rotatable bonds is 4. The van der Waals surface area contributed by atoms with E-state index in [4.69, 9.17) is 14.0 Å².